The summed E-state index contributed by atoms with van der Waals surface area (Å²) in [6.07, 6.45) is -2.47. The Morgan fingerprint density at radius 3 is 2.86 bits per heavy atom. The van der Waals surface area contributed by atoms with E-state index in [2.05, 4.69) is 16.9 Å². The second-order valence-corrected chi connectivity index (χ2v) is 5.81. The third-order valence-corrected chi connectivity index (χ3v) is 3.94. The number of hydrogen-bond acceptors (Lipinski definition) is 2. The van der Waals surface area contributed by atoms with Crippen LogP contribution in [0.3, 0.4) is 0 Å². The number of carbonyl (C=O) groups is 1. The quantitative estimate of drug-likeness (QED) is 0.877. The van der Waals surface area contributed by atoms with Crippen LogP contribution in [-0.2, 0) is 6.18 Å². The van der Waals surface area contributed by atoms with Crippen LogP contribution < -0.4 is 0 Å². The number of amides is 1. The maximum atomic E-state index is 12.7. The minimum atomic E-state index is -4.52. The third kappa shape index (κ3) is 2.80. The molecule has 22 heavy (non-hydrogen) atoms. The highest BCUT2D eigenvalue weighted by atomic mass is 19.4. The van der Waals surface area contributed by atoms with Crippen LogP contribution in [0.4, 0.5) is 13.2 Å². The second kappa shape index (κ2) is 5.30. The van der Waals surface area contributed by atoms with E-state index >= 15 is 0 Å². The molecule has 1 atom stereocenters. The highest BCUT2D eigenvalue weighted by Gasteiger charge is 2.34. The van der Waals surface area contributed by atoms with Gasteiger partial charge in [-0.3, -0.25) is 4.79 Å². The highest BCUT2D eigenvalue weighted by Crippen LogP contribution is 2.29. The summed E-state index contributed by atoms with van der Waals surface area (Å²) >= 11 is 0. The number of likely N-dealkylation sites (tertiary alicyclic amines) is 1. The molecule has 1 aromatic heterocycles. The largest absolute Gasteiger partial charge is 0.449 e. The maximum absolute atomic E-state index is 12.7. The predicted molar refractivity (Wildman–Crippen MR) is 75.4 cm³/mol. The van der Waals surface area contributed by atoms with Gasteiger partial charge < -0.3 is 9.88 Å². The van der Waals surface area contributed by atoms with Gasteiger partial charge >= 0.3 is 6.18 Å². The smallest absolute Gasteiger partial charge is 0.338 e. The van der Waals surface area contributed by atoms with E-state index in [4.69, 9.17) is 0 Å². The number of carbonyl (C=O) groups excluding carboxylic acids is 1. The zero-order valence-electron chi connectivity index (χ0n) is 12.1. The highest BCUT2D eigenvalue weighted by molar-refractivity contribution is 5.97. The number of aromatic nitrogens is 2. The molecule has 1 fully saturated rings. The Morgan fingerprint density at radius 2 is 2.18 bits per heavy atom. The van der Waals surface area contributed by atoms with Gasteiger partial charge in [0.25, 0.3) is 5.91 Å². The number of imidazole rings is 1. The number of H-pyrrole nitrogens is 1. The molecule has 1 aromatic carbocycles. The molecule has 0 radical (unpaired) electrons. The Balaban J connectivity index is 1.89. The average Bonchev–Trinajstić information content (AvgIpc) is 2.89. The lowest BCUT2D eigenvalue weighted by Gasteiger charge is -2.31. The molecular weight excluding hydrogens is 295 g/mol. The van der Waals surface area contributed by atoms with Crippen molar-refractivity contribution in [2.24, 2.45) is 5.92 Å². The summed E-state index contributed by atoms with van der Waals surface area (Å²) in [5.41, 5.74) is 0.818. The number of benzene rings is 1. The average molecular weight is 311 g/mol. The molecule has 1 aliphatic rings. The first-order valence-electron chi connectivity index (χ1n) is 7.21. The Labute approximate surface area is 125 Å². The SMILES string of the molecule is C[C@@H]1CCCN(C(=O)c2ccc3nc(C(F)(F)F)[nH]c3c2)C1. The van der Waals surface area contributed by atoms with Crippen LogP contribution in [0.5, 0.6) is 0 Å². The molecule has 0 unspecified atom stereocenters. The van der Waals surface area contributed by atoms with Gasteiger partial charge in [-0.05, 0) is 37.0 Å². The van der Waals surface area contributed by atoms with Gasteiger partial charge in [-0.25, -0.2) is 4.98 Å². The van der Waals surface area contributed by atoms with Crippen LogP contribution in [0, 0.1) is 5.92 Å². The van der Waals surface area contributed by atoms with Crippen molar-refractivity contribution in [3.8, 4) is 0 Å². The summed E-state index contributed by atoms with van der Waals surface area (Å²) < 4.78 is 38.0. The van der Waals surface area contributed by atoms with E-state index in [1.54, 1.807) is 4.90 Å². The van der Waals surface area contributed by atoms with Crippen molar-refractivity contribution in [3.05, 3.63) is 29.6 Å². The number of nitrogens with zero attached hydrogens (tertiary/aromatic N) is 2. The summed E-state index contributed by atoms with van der Waals surface area (Å²) in [7, 11) is 0. The van der Waals surface area contributed by atoms with Crippen molar-refractivity contribution in [2.45, 2.75) is 25.9 Å². The van der Waals surface area contributed by atoms with E-state index < -0.39 is 12.0 Å². The number of alkyl halides is 3. The standard InChI is InChI=1S/C15H16F3N3O/c1-9-3-2-6-21(8-9)13(22)10-4-5-11-12(7-10)20-14(19-11)15(16,17)18/h4-5,7,9H,2-3,6,8H2,1H3,(H,19,20)/t9-/m1/s1. The van der Waals surface area contributed by atoms with Crippen LogP contribution in [0.15, 0.2) is 18.2 Å². The van der Waals surface area contributed by atoms with E-state index in [0.717, 1.165) is 12.8 Å². The van der Waals surface area contributed by atoms with Crippen molar-refractivity contribution in [1.82, 2.24) is 14.9 Å². The lowest BCUT2D eigenvalue weighted by Crippen LogP contribution is -2.39. The zero-order chi connectivity index (χ0) is 15.9. The molecule has 1 aliphatic heterocycles. The molecule has 2 heterocycles. The lowest BCUT2D eigenvalue weighted by atomic mass is 9.99. The van der Waals surface area contributed by atoms with Gasteiger partial charge in [0.2, 0.25) is 5.82 Å². The van der Waals surface area contributed by atoms with Crippen molar-refractivity contribution < 1.29 is 18.0 Å². The fourth-order valence-corrected chi connectivity index (χ4v) is 2.83. The molecule has 1 amide bonds. The van der Waals surface area contributed by atoms with Crippen LogP contribution in [0.25, 0.3) is 11.0 Å². The molecule has 1 saturated heterocycles. The number of nitrogens with one attached hydrogen (secondary N) is 1. The first-order valence-corrected chi connectivity index (χ1v) is 7.21. The number of halogens is 3. The molecule has 0 aliphatic carbocycles. The van der Waals surface area contributed by atoms with Crippen molar-refractivity contribution in [1.29, 1.82) is 0 Å². The van der Waals surface area contributed by atoms with Crippen molar-refractivity contribution in [3.63, 3.8) is 0 Å². The second-order valence-electron chi connectivity index (χ2n) is 5.81. The Morgan fingerprint density at radius 1 is 1.41 bits per heavy atom. The Hall–Kier alpha value is -2.05. The first-order chi connectivity index (χ1) is 10.3. The molecule has 0 bridgehead atoms. The number of hydrogen-bond donors (Lipinski definition) is 1. The molecule has 4 nitrogen and oxygen atoms in total. The minimum Gasteiger partial charge on any atom is -0.338 e. The summed E-state index contributed by atoms with van der Waals surface area (Å²) in [4.78, 5) is 20.0. The van der Waals surface area contributed by atoms with E-state index in [-0.39, 0.29) is 16.9 Å². The summed E-state index contributed by atoms with van der Waals surface area (Å²) in [6.45, 7) is 3.47. The van der Waals surface area contributed by atoms with Crippen LogP contribution >= 0.6 is 0 Å². The van der Waals surface area contributed by atoms with E-state index in [0.29, 0.717) is 24.6 Å². The maximum Gasteiger partial charge on any atom is 0.449 e. The summed E-state index contributed by atoms with van der Waals surface area (Å²) in [6, 6.07) is 4.42. The lowest BCUT2D eigenvalue weighted by molar-refractivity contribution is -0.144. The fourth-order valence-electron chi connectivity index (χ4n) is 2.83. The third-order valence-electron chi connectivity index (χ3n) is 3.94. The monoisotopic (exact) mass is 311 g/mol. The number of fused-ring (bicyclic) bond motifs is 1. The van der Waals surface area contributed by atoms with Crippen molar-refractivity contribution >= 4 is 16.9 Å². The molecule has 7 heteroatoms. The van der Waals surface area contributed by atoms with E-state index in [9.17, 15) is 18.0 Å². The Bertz CT molecular complexity index is 708. The Kier molecular flexibility index (Phi) is 3.58. The topological polar surface area (TPSA) is 49.0 Å². The van der Waals surface area contributed by atoms with Crippen LogP contribution in [0.2, 0.25) is 0 Å². The molecule has 0 saturated carbocycles. The van der Waals surface area contributed by atoms with Crippen LogP contribution in [0.1, 0.15) is 35.9 Å². The van der Waals surface area contributed by atoms with Gasteiger partial charge in [-0.2, -0.15) is 13.2 Å². The number of aromatic amines is 1. The molecule has 1 N–H and O–H groups in total. The minimum absolute atomic E-state index is 0.142. The van der Waals surface area contributed by atoms with Gasteiger partial charge in [0.05, 0.1) is 11.0 Å². The summed E-state index contributed by atoms with van der Waals surface area (Å²) in [5.74, 6) is -0.735. The van der Waals surface area contributed by atoms with Gasteiger partial charge in [0, 0.05) is 18.7 Å². The normalized spacial score (nSPS) is 19.6. The van der Waals surface area contributed by atoms with E-state index in [1.165, 1.54) is 18.2 Å². The number of piperidine rings is 1. The van der Waals surface area contributed by atoms with Gasteiger partial charge in [0.15, 0.2) is 0 Å². The van der Waals surface area contributed by atoms with Gasteiger partial charge in [0.1, 0.15) is 0 Å². The molecule has 2 aromatic rings. The number of rotatable bonds is 1. The van der Waals surface area contributed by atoms with E-state index in [1.807, 2.05) is 0 Å². The summed E-state index contributed by atoms with van der Waals surface area (Å²) in [5, 5.41) is 0. The molecule has 3 rings (SSSR count). The van der Waals surface area contributed by atoms with Crippen molar-refractivity contribution in [2.75, 3.05) is 13.1 Å². The predicted octanol–water partition coefficient (Wildman–Crippen LogP) is 3.45. The zero-order valence-corrected chi connectivity index (χ0v) is 12.1. The van der Waals surface area contributed by atoms with Gasteiger partial charge in [-0.15, -0.1) is 0 Å². The molecule has 118 valence electrons. The van der Waals surface area contributed by atoms with Gasteiger partial charge in [-0.1, -0.05) is 6.92 Å². The molecule has 0 spiro atoms. The molecular formula is C15H16F3N3O. The van der Waals surface area contributed by atoms with Crippen LogP contribution in [-0.4, -0.2) is 33.9 Å². The fraction of sp³-hybridized carbons (Fsp3) is 0.467. The first kappa shape index (κ1) is 14.9.